The summed E-state index contributed by atoms with van der Waals surface area (Å²) in [6.45, 7) is 4.47. The molecule has 0 bridgehead atoms. The molecule has 5 aromatic rings. The second kappa shape index (κ2) is 7.45. The lowest BCUT2D eigenvalue weighted by Crippen LogP contribution is -2.25. The Morgan fingerprint density at radius 1 is 0.486 bits per heavy atom. The Kier molecular flexibility index (Phi) is 4.32. The first kappa shape index (κ1) is 20.3. The second-order valence-corrected chi connectivity index (χ2v) is 10.0. The van der Waals surface area contributed by atoms with E-state index in [-0.39, 0.29) is 5.41 Å². The van der Waals surface area contributed by atoms with E-state index in [1.807, 2.05) is 0 Å². The number of rotatable bonds is 3. The van der Waals surface area contributed by atoms with Crippen molar-refractivity contribution < 1.29 is 0 Å². The number of anilines is 2. The van der Waals surface area contributed by atoms with Gasteiger partial charge in [0.15, 0.2) is 0 Å². The minimum Gasteiger partial charge on any atom is -0.356 e. The molecular formula is C34H27N. The molecule has 5 aromatic carbocycles. The van der Waals surface area contributed by atoms with Gasteiger partial charge in [-0.3, -0.25) is 0 Å². The molecule has 2 aliphatic rings. The van der Waals surface area contributed by atoms with Crippen molar-refractivity contribution in [3.05, 3.63) is 143 Å². The largest absolute Gasteiger partial charge is 0.356 e. The molecule has 0 aliphatic heterocycles. The molecule has 0 atom stereocenters. The Hall–Kier alpha value is -4.10. The minimum absolute atomic E-state index is 0.293. The fraction of sp³-hybridized carbons (Fsp3) is 0.118. The molecule has 1 N–H and O–H groups in total. The van der Waals surface area contributed by atoms with Gasteiger partial charge in [-0.25, -0.2) is 0 Å². The molecule has 0 fully saturated rings. The SMILES string of the molecule is CC(C)c1ccc(Nc2ccc3c(c2)C2(c4ccccc4-c4ccccc42)c2ccccc2-3)cc1. The highest BCUT2D eigenvalue weighted by Crippen LogP contribution is 2.62. The van der Waals surface area contributed by atoms with Crippen LogP contribution < -0.4 is 5.32 Å². The molecule has 0 saturated heterocycles. The molecule has 1 nitrogen and oxygen atoms in total. The van der Waals surface area contributed by atoms with Gasteiger partial charge in [0.1, 0.15) is 0 Å². The van der Waals surface area contributed by atoms with Crippen LogP contribution in [0.15, 0.2) is 115 Å². The Morgan fingerprint density at radius 2 is 0.943 bits per heavy atom. The predicted molar refractivity (Wildman–Crippen MR) is 147 cm³/mol. The van der Waals surface area contributed by atoms with E-state index < -0.39 is 0 Å². The molecule has 1 heteroatoms. The summed E-state index contributed by atoms with van der Waals surface area (Å²) in [4.78, 5) is 0. The molecule has 35 heavy (non-hydrogen) atoms. The maximum Gasteiger partial charge on any atom is 0.0726 e. The molecule has 0 amide bonds. The summed E-state index contributed by atoms with van der Waals surface area (Å²) in [6.07, 6.45) is 0. The van der Waals surface area contributed by atoms with Crippen LogP contribution in [0.2, 0.25) is 0 Å². The van der Waals surface area contributed by atoms with Crippen LogP contribution in [0.25, 0.3) is 22.3 Å². The highest BCUT2D eigenvalue weighted by Gasteiger charge is 2.51. The van der Waals surface area contributed by atoms with Gasteiger partial charge in [-0.15, -0.1) is 0 Å². The van der Waals surface area contributed by atoms with Crippen molar-refractivity contribution >= 4 is 11.4 Å². The lowest BCUT2D eigenvalue weighted by atomic mass is 9.70. The number of hydrogen-bond acceptors (Lipinski definition) is 1. The van der Waals surface area contributed by atoms with E-state index in [2.05, 4.69) is 134 Å². The fourth-order valence-corrected chi connectivity index (χ4v) is 6.29. The van der Waals surface area contributed by atoms with Gasteiger partial charge in [0.25, 0.3) is 0 Å². The molecule has 0 heterocycles. The lowest BCUT2D eigenvalue weighted by Gasteiger charge is -2.30. The van der Waals surface area contributed by atoms with Crippen molar-refractivity contribution in [3.63, 3.8) is 0 Å². The molecule has 0 aromatic heterocycles. The molecule has 168 valence electrons. The van der Waals surface area contributed by atoms with Crippen molar-refractivity contribution in [1.82, 2.24) is 0 Å². The van der Waals surface area contributed by atoms with Gasteiger partial charge in [-0.2, -0.15) is 0 Å². The van der Waals surface area contributed by atoms with Gasteiger partial charge in [0.05, 0.1) is 5.41 Å². The van der Waals surface area contributed by atoms with E-state index >= 15 is 0 Å². The highest BCUT2D eigenvalue weighted by atomic mass is 14.9. The summed E-state index contributed by atoms with van der Waals surface area (Å²) < 4.78 is 0. The first-order valence-electron chi connectivity index (χ1n) is 12.5. The van der Waals surface area contributed by atoms with E-state index in [1.165, 1.54) is 50.1 Å². The van der Waals surface area contributed by atoms with Crippen LogP contribution in [0.4, 0.5) is 11.4 Å². The van der Waals surface area contributed by atoms with Crippen LogP contribution in [0.1, 0.15) is 47.6 Å². The lowest BCUT2D eigenvalue weighted by molar-refractivity contribution is 0.794. The van der Waals surface area contributed by atoms with Gasteiger partial charge in [0, 0.05) is 11.4 Å². The first-order valence-corrected chi connectivity index (χ1v) is 12.5. The van der Waals surface area contributed by atoms with Gasteiger partial charge in [-0.1, -0.05) is 105 Å². The van der Waals surface area contributed by atoms with Crippen LogP contribution in [0, 0.1) is 0 Å². The normalized spacial score (nSPS) is 13.9. The Bertz CT molecular complexity index is 1530. The molecule has 2 aliphatic carbocycles. The Labute approximate surface area is 207 Å². The highest BCUT2D eigenvalue weighted by molar-refractivity contribution is 5.95. The zero-order valence-electron chi connectivity index (χ0n) is 20.0. The predicted octanol–water partition coefficient (Wildman–Crippen LogP) is 8.90. The van der Waals surface area contributed by atoms with Crippen molar-refractivity contribution in [2.24, 2.45) is 0 Å². The van der Waals surface area contributed by atoms with E-state index in [1.54, 1.807) is 0 Å². The molecular weight excluding hydrogens is 422 g/mol. The summed E-state index contributed by atoms with van der Waals surface area (Å²) >= 11 is 0. The van der Waals surface area contributed by atoms with Crippen LogP contribution in [-0.4, -0.2) is 0 Å². The van der Waals surface area contributed by atoms with E-state index in [0.29, 0.717) is 5.92 Å². The van der Waals surface area contributed by atoms with Crippen LogP contribution in [0.3, 0.4) is 0 Å². The average Bonchev–Trinajstić information content (AvgIpc) is 3.36. The third-order valence-electron chi connectivity index (χ3n) is 7.86. The number of benzene rings is 5. The number of fused-ring (bicyclic) bond motifs is 10. The van der Waals surface area contributed by atoms with Gasteiger partial charge in [-0.05, 0) is 80.3 Å². The summed E-state index contributed by atoms with van der Waals surface area (Å²) in [5.41, 5.74) is 14.1. The van der Waals surface area contributed by atoms with Gasteiger partial charge < -0.3 is 5.32 Å². The summed E-state index contributed by atoms with van der Waals surface area (Å²) in [7, 11) is 0. The molecule has 7 rings (SSSR count). The zero-order chi connectivity index (χ0) is 23.6. The van der Waals surface area contributed by atoms with E-state index in [9.17, 15) is 0 Å². The van der Waals surface area contributed by atoms with Crippen LogP contribution in [0.5, 0.6) is 0 Å². The van der Waals surface area contributed by atoms with Crippen molar-refractivity contribution in [2.75, 3.05) is 5.32 Å². The molecule has 0 saturated carbocycles. The van der Waals surface area contributed by atoms with Crippen molar-refractivity contribution in [1.29, 1.82) is 0 Å². The maximum absolute atomic E-state index is 3.68. The smallest absolute Gasteiger partial charge is 0.0726 e. The standard InChI is InChI=1S/C34H27N/c1-22(2)23-15-17-24(18-16-23)35-25-19-20-29-28-11-5-8-14-32(28)34(33(29)21-25)30-12-6-3-9-26(30)27-10-4-7-13-31(27)34/h3-22,35H,1-2H3. The first-order chi connectivity index (χ1) is 17.2. The van der Waals surface area contributed by atoms with Crippen molar-refractivity contribution in [2.45, 2.75) is 25.2 Å². The molecule has 1 spiro atoms. The quantitative estimate of drug-likeness (QED) is 0.284. The molecule has 0 radical (unpaired) electrons. The van der Waals surface area contributed by atoms with E-state index in [4.69, 9.17) is 0 Å². The average molecular weight is 450 g/mol. The van der Waals surface area contributed by atoms with E-state index in [0.717, 1.165) is 11.4 Å². The summed E-state index contributed by atoms with van der Waals surface area (Å²) in [5.74, 6) is 0.532. The van der Waals surface area contributed by atoms with Crippen LogP contribution in [-0.2, 0) is 5.41 Å². The summed E-state index contributed by atoms with van der Waals surface area (Å²) in [6, 6.07) is 42.6. The van der Waals surface area contributed by atoms with Crippen molar-refractivity contribution in [3.8, 4) is 22.3 Å². The minimum atomic E-state index is -0.293. The van der Waals surface area contributed by atoms with Crippen LogP contribution >= 0.6 is 0 Å². The van der Waals surface area contributed by atoms with Gasteiger partial charge >= 0.3 is 0 Å². The Balaban J connectivity index is 1.45. The second-order valence-electron chi connectivity index (χ2n) is 10.0. The number of hydrogen-bond donors (Lipinski definition) is 1. The van der Waals surface area contributed by atoms with Gasteiger partial charge in [0.2, 0.25) is 0 Å². The third kappa shape index (κ3) is 2.76. The number of nitrogens with one attached hydrogen (secondary N) is 1. The maximum atomic E-state index is 3.68. The zero-order valence-corrected chi connectivity index (χ0v) is 20.0. The topological polar surface area (TPSA) is 12.0 Å². The summed E-state index contributed by atoms with van der Waals surface area (Å²) in [5, 5.41) is 3.68. The Morgan fingerprint density at radius 3 is 1.46 bits per heavy atom. The monoisotopic (exact) mass is 449 g/mol. The third-order valence-corrected chi connectivity index (χ3v) is 7.86. The molecule has 0 unspecified atom stereocenters. The fourth-order valence-electron chi connectivity index (χ4n) is 6.29.